The molecular formula is C8H17ClN4O. The van der Waals surface area contributed by atoms with E-state index in [4.69, 9.17) is 5.26 Å². The van der Waals surface area contributed by atoms with E-state index in [0.717, 1.165) is 0 Å². The summed E-state index contributed by atoms with van der Waals surface area (Å²) in [6, 6.07) is -0.190. The second-order valence-corrected chi connectivity index (χ2v) is 3.36. The smallest absolute Gasteiger partial charge is 0.430 e. The number of nitriles is 1. The van der Waals surface area contributed by atoms with Gasteiger partial charge >= 0.3 is 6.03 Å². The van der Waals surface area contributed by atoms with Crippen LogP contribution in [0.1, 0.15) is 0 Å². The molecule has 0 aliphatic carbocycles. The standard InChI is InChI=1S/C8H16N4O.ClH/c1-10(2)5-6-12(7-9)8(13)11(3)4;/h5-6H2,1-4H3;1H. The summed E-state index contributed by atoms with van der Waals surface area (Å²) in [7, 11) is 7.23. The van der Waals surface area contributed by atoms with Gasteiger partial charge in [-0.05, 0) is 14.1 Å². The van der Waals surface area contributed by atoms with Crippen LogP contribution in [0.4, 0.5) is 4.79 Å². The Bertz CT molecular complexity index is 212. The van der Waals surface area contributed by atoms with Crippen LogP contribution in [-0.2, 0) is 0 Å². The van der Waals surface area contributed by atoms with Crippen molar-refractivity contribution in [2.45, 2.75) is 0 Å². The molecule has 0 saturated carbocycles. The van der Waals surface area contributed by atoms with Crippen LogP contribution in [0.3, 0.4) is 0 Å². The molecule has 0 radical (unpaired) electrons. The third-order valence-corrected chi connectivity index (χ3v) is 1.56. The lowest BCUT2D eigenvalue weighted by Crippen LogP contribution is -3.10. The quantitative estimate of drug-likeness (QED) is 0.386. The maximum Gasteiger partial charge on any atom is 0.430 e. The molecule has 0 saturated heterocycles. The van der Waals surface area contributed by atoms with Gasteiger partial charge in [0.1, 0.15) is 0 Å². The molecule has 1 N–H and O–H groups in total. The Labute approximate surface area is 91.3 Å². The van der Waals surface area contributed by atoms with Crippen LogP contribution in [0.5, 0.6) is 0 Å². The van der Waals surface area contributed by atoms with Gasteiger partial charge in [0.25, 0.3) is 0 Å². The van der Waals surface area contributed by atoms with E-state index in [1.54, 1.807) is 14.1 Å². The number of carbonyl (C=O) groups is 1. The predicted octanol–water partition coefficient (Wildman–Crippen LogP) is -4.40. The summed E-state index contributed by atoms with van der Waals surface area (Å²) >= 11 is 0. The van der Waals surface area contributed by atoms with Crippen LogP contribution >= 0.6 is 0 Å². The zero-order valence-corrected chi connectivity index (χ0v) is 9.80. The normalized spacial score (nSPS) is 9.50. The van der Waals surface area contributed by atoms with Crippen molar-refractivity contribution >= 4 is 6.03 Å². The minimum Gasteiger partial charge on any atom is -1.00 e. The Hall–Kier alpha value is -0.830. The van der Waals surface area contributed by atoms with Crippen molar-refractivity contribution in [2.24, 2.45) is 0 Å². The highest BCUT2D eigenvalue weighted by atomic mass is 35.5. The molecule has 0 aromatic heterocycles. The van der Waals surface area contributed by atoms with E-state index in [1.807, 2.05) is 25.2 Å². The molecule has 0 heterocycles. The van der Waals surface area contributed by atoms with Gasteiger partial charge in [0.05, 0.1) is 20.6 Å². The van der Waals surface area contributed by atoms with Gasteiger partial charge in [-0.15, -0.1) is 0 Å². The largest absolute Gasteiger partial charge is 1.00 e. The van der Waals surface area contributed by atoms with E-state index >= 15 is 0 Å². The maximum absolute atomic E-state index is 11.3. The summed E-state index contributed by atoms with van der Waals surface area (Å²) in [5, 5.41) is 8.68. The molecule has 0 rings (SSSR count). The van der Waals surface area contributed by atoms with Gasteiger partial charge in [-0.3, -0.25) is 4.90 Å². The molecule has 0 aromatic carbocycles. The zero-order chi connectivity index (χ0) is 10.4. The third-order valence-electron chi connectivity index (χ3n) is 1.56. The van der Waals surface area contributed by atoms with Crippen molar-refractivity contribution in [3.8, 4) is 6.19 Å². The molecule has 0 unspecified atom stereocenters. The van der Waals surface area contributed by atoms with Gasteiger partial charge in [-0.1, -0.05) is 0 Å². The molecule has 0 aliphatic rings. The fourth-order valence-electron chi connectivity index (χ4n) is 0.767. The number of carbonyl (C=O) groups excluding carboxylic acids is 1. The Balaban J connectivity index is 0. The molecule has 0 atom stereocenters. The summed E-state index contributed by atoms with van der Waals surface area (Å²) in [6.07, 6.45) is 1.87. The van der Waals surface area contributed by atoms with Crippen molar-refractivity contribution in [3.63, 3.8) is 0 Å². The minimum atomic E-state index is -0.190. The first-order chi connectivity index (χ1) is 5.99. The van der Waals surface area contributed by atoms with E-state index in [9.17, 15) is 4.79 Å². The second kappa shape index (κ2) is 7.56. The van der Waals surface area contributed by atoms with Crippen molar-refractivity contribution in [3.05, 3.63) is 0 Å². The third kappa shape index (κ3) is 5.75. The number of likely N-dealkylation sites (N-methyl/N-ethyl adjacent to an activating group) is 1. The van der Waals surface area contributed by atoms with E-state index in [2.05, 4.69) is 0 Å². The monoisotopic (exact) mass is 220 g/mol. The SMILES string of the molecule is CN(C)CCN(C#N)C(=O)[NH+](C)C.[Cl-]. The number of quaternary nitrogens is 1. The Morgan fingerprint density at radius 2 is 1.86 bits per heavy atom. The Morgan fingerprint density at radius 1 is 1.36 bits per heavy atom. The molecule has 0 fully saturated rings. The predicted molar refractivity (Wildman–Crippen MR) is 49.1 cm³/mol. The van der Waals surface area contributed by atoms with Gasteiger partial charge in [0.15, 0.2) is 6.19 Å². The summed E-state index contributed by atoms with van der Waals surface area (Å²) in [5.41, 5.74) is 0. The van der Waals surface area contributed by atoms with E-state index < -0.39 is 0 Å². The number of hydrogen-bond acceptors (Lipinski definition) is 3. The maximum atomic E-state index is 11.3. The molecule has 0 spiro atoms. The van der Waals surface area contributed by atoms with Crippen LogP contribution in [0.25, 0.3) is 0 Å². The molecule has 0 bridgehead atoms. The lowest BCUT2D eigenvalue weighted by molar-refractivity contribution is -0.772. The van der Waals surface area contributed by atoms with Gasteiger partial charge in [-0.2, -0.15) is 10.2 Å². The topological polar surface area (TPSA) is 51.8 Å². The first kappa shape index (κ1) is 15.6. The molecule has 0 aromatic rings. The van der Waals surface area contributed by atoms with E-state index in [-0.39, 0.29) is 18.4 Å². The van der Waals surface area contributed by atoms with Gasteiger partial charge in [0.2, 0.25) is 0 Å². The van der Waals surface area contributed by atoms with Crippen LogP contribution in [-0.4, -0.2) is 57.1 Å². The van der Waals surface area contributed by atoms with Gasteiger partial charge in [-0.25, -0.2) is 4.79 Å². The molecule has 82 valence electrons. The van der Waals surface area contributed by atoms with Crippen molar-refractivity contribution < 1.29 is 22.1 Å². The molecule has 0 aliphatic heterocycles. The second-order valence-electron chi connectivity index (χ2n) is 3.36. The van der Waals surface area contributed by atoms with Gasteiger partial charge < -0.3 is 17.3 Å². The van der Waals surface area contributed by atoms with Crippen LogP contribution < -0.4 is 17.3 Å². The first-order valence-electron chi connectivity index (χ1n) is 4.15. The number of hydrogen-bond donors (Lipinski definition) is 1. The van der Waals surface area contributed by atoms with E-state index in [1.165, 1.54) is 4.90 Å². The van der Waals surface area contributed by atoms with Crippen LogP contribution in [0.2, 0.25) is 0 Å². The van der Waals surface area contributed by atoms with Crippen molar-refractivity contribution in [2.75, 3.05) is 41.3 Å². The molecule has 2 amide bonds. The molecule has 6 heteroatoms. The minimum absolute atomic E-state index is 0. The number of nitrogens with one attached hydrogen (secondary N) is 1. The number of urea groups is 1. The number of nitrogens with zero attached hydrogens (tertiary/aromatic N) is 3. The fourth-order valence-corrected chi connectivity index (χ4v) is 0.767. The Kier molecular flexibility index (Phi) is 8.44. The highest BCUT2D eigenvalue weighted by Gasteiger charge is 2.19. The lowest BCUT2D eigenvalue weighted by Gasteiger charge is -2.16. The highest BCUT2D eigenvalue weighted by molar-refractivity contribution is 5.66. The lowest BCUT2D eigenvalue weighted by atomic mass is 10.5. The summed E-state index contributed by atoms with van der Waals surface area (Å²) in [5.74, 6) is 0. The number of amides is 2. The number of halogens is 1. The van der Waals surface area contributed by atoms with Crippen molar-refractivity contribution in [1.82, 2.24) is 9.80 Å². The van der Waals surface area contributed by atoms with Crippen LogP contribution in [0, 0.1) is 11.5 Å². The van der Waals surface area contributed by atoms with Crippen LogP contribution in [0.15, 0.2) is 0 Å². The number of rotatable bonds is 3. The summed E-state index contributed by atoms with van der Waals surface area (Å²) in [6.45, 7) is 1.15. The average Bonchev–Trinajstić information content (AvgIpc) is 2.04. The summed E-state index contributed by atoms with van der Waals surface area (Å²) in [4.78, 5) is 15.1. The molecule has 14 heavy (non-hydrogen) atoms. The zero-order valence-electron chi connectivity index (χ0n) is 9.04. The summed E-state index contributed by atoms with van der Waals surface area (Å²) < 4.78 is 0. The first-order valence-corrected chi connectivity index (χ1v) is 4.15. The molecule has 5 nitrogen and oxygen atoms in total. The Morgan fingerprint density at radius 3 is 2.14 bits per heavy atom. The molecular weight excluding hydrogens is 204 g/mol. The fraction of sp³-hybridized carbons (Fsp3) is 0.750. The van der Waals surface area contributed by atoms with E-state index in [0.29, 0.717) is 18.0 Å². The highest BCUT2D eigenvalue weighted by Crippen LogP contribution is 1.84. The average molecular weight is 221 g/mol. The van der Waals surface area contributed by atoms with Gasteiger partial charge in [0, 0.05) is 6.54 Å². The van der Waals surface area contributed by atoms with Crippen molar-refractivity contribution in [1.29, 1.82) is 5.26 Å².